The molecule has 0 unspecified atom stereocenters. The van der Waals surface area contributed by atoms with Crippen LogP contribution < -0.4 is 15.6 Å². The van der Waals surface area contributed by atoms with Crippen molar-refractivity contribution in [1.82, 2.24) is 0 Å². The molecule has 0 aliphatic heterocycles. The van der Waals surface area contributed by atoms with Crippen molar-refractivity contribution >= 4 is 29.7 Å². The largest absolute Gasteiger partial charge is 0.401 e. The molecule has 0 heterocycles. The quantitative estimate of drug-likeness (QED) is 0.267. The summed E-state index contributed by atoms with van der Waals surface area (Å²) in [6.07, 6.45) is 11.3. The number of carbonyl (C=O) groups is 1. The molecule has 0 N–H and O–H groups in total. The Hall–Kier alpha value is -2.75. The lowest BCUT2D eigenvalue weighted by molar-refractivity contribution is -0.117. The van der Waals surface area contributed by atoms with Crippen LogP contribution in [0.1, 0.15) is 65.2 Å². The van der Waals surface area contributed by atoms with Crippen LogP contribution in [0.5, 0.6) is 0 Å². The van der Waals surface area contributed by atoms with Gasteiger partial charge in [0.1, 0.15) is 0 Å². The number of carbonyl (C=O) groups excluding carboxylic acids is 1. The number of hydrogen-bond acceptors (Lipinski definition) is 2. The van der Waals surface area contributed by atoms with Gasteiger partial charge in [-0.25, -0.2) is 0 Å². The van der Waals surface area contributed by atoms with E-state index in [1.165, 1.54) is 46.8 Å². The van der Waals surface area contributed by atoms with E-state index in [1.54, 1.807) is 0 Å². The highest BCUT2D eigenvalue weighted by Gasteiger charge is 2.60. The van der Waals surface area contributed by atoms with Crippen LogP contribution in [0, 0.1) is 28.6 Å². The van der Waals surface area contributed by atoms with Crippen LogP contribution in [0.25, 0.3) is 0 Å². The van der Waals surface area contributed by atoms with Crippen LogP contribution in [0.2, 0.25) is 0 Å². The fraction of sp³-hybridized carbons (Fsp3) is 0.432. The molecule has 7 rings (SSSR count). The number of fused-ring (bicyclic) bond motifs is 5. The summed E-state index contributed by atoms with van der Waals surface area (Å²) < 4.78 is 7.84. The predicted octanol–water partition coefficient (Wildman–Crippen LogP) is 6.57. The van der Waals surface area contributed by atoms with E-state index in [0.717, 1.165) is 31.6 Å². The van der Waals surface area contributed by atoms with Gasteiger partial charge in [0, 0.05) is 6.42 Å². The fourth-order valence-electron chi connectivity index (χ4n) is 9.64. The zero-order chi connectivity index (χ0) is 27.4. The average Bonchev–Trinajstić information content (AvgIpc) is 3.33. The van der Waals surface area contributed by atoms with Gasteiger partial charge >= 0.3 is 0 Å². The third-order valence-corrected chi connectivity index (χ3v) is 15.8. The topological polar surface area (TPSA) is 26.3 Å². The molecule has 206 valence electrons. The predicted molar refractivity (Wildman–Crippen MR) is 166 cm³/mol. The summed E-state index contributed by atoms with van der Waals surface area (Å²) in [5.41, 5.74) is 1.86. The molecule has 0 saturated heterocycles. The molecular formula is C37H42O2Si. The Labute approximate surface area is 241 Å². The van der Waals surface area contributed by atoms with E-state index in [-0.39, 0.29) is 16.9 Å². The molecule has 40 heavy (non-hydrogen) atoms. The normalized spacial score (nSPS) is 33.5. The number of rotatable bonds is 5. The summed E-state index contributed by atoms with van der Waals surface area (Å²) in [4.78, 5) is 12.3. The van der Waals surface area contributed by atoms with E-state index >= 15 is 0 Å². The van der Waals surface area contributed by atoms with Gasteiger partial charge in [-0.1, -0.05) is 110 Å². The van der Waals surface area contributed by atoms with Crippen LogP contribution in [-0.4, -0.2) is 20.2 Å². The Balaban J connectivity index is 1.28. The minimum absolute atomic E-state index is 0.180. The van der Waals surface area contributed by atoms with Crippen molar-refractivity contribution in [3.8, 4) is 0 Å². The van der Waals surface area contributed by atoms with Gasteiger partial charge in [0.2, 0.25) is 0 Å². The highest BCUT2D eigenvalue weighted by atomic mass is 28.4. The van der Waals surface area contributed by atoms with Crippen LogP contribution >= 0.6 is 0 Å². The van der Waals surface area contributed by atoms with Crippen molar-refractivity contribution in [3.05, 3.63) is 103 Å². The molecule has 0 aromatic heterocycles. The molecule has 3 aromatic carbocycles. The lowest BCUT2D eigenvalue weighted by Gasteiger charge is -2.58. The minimum atomic E-state index is -2.75. The highest BCUT2D eigenvalue weighted by Crippen LogP contribution is 2.65. The van der Waals surface area contributed by atoms with Gasteiger partial charge in [0.25, 0.3) is 8.32 Å². The maximum Gasteiger partial charge on any atom is 0.288 e. The van der Waals surface area contributed by atoms with E-state index in [2.05, 4.69) is 105 Å². The molecule has 3 aromatic rings. The molecule has 0 bridgehead atoms. The molecule has 0 radical (unpaired) electrons. The third-order valence-electron chi connectivity index (χ3n) is 11.7. The highest BCUT2D eigenvalue weighted by molar-refractivity contribution is 7.07. The molecule has 0 spiro atoms. The van der Waals surface area contributed by atoms with Gasteiger partial charge in [-0.05, 0) is 95.2 Å². The third kappa shape index (κ3) is 3.95. The number of ketones is 1. The lowest BCUT2D eigenvalue weighted by atomic mass is 9.47. The lowest BCUT2D eigenvalue weighted by Crippen LogP contribution is -2.71. The average molecular weight is 547 g/mol. The number of benzene rings is 3. The first-order chi connectivity index (χ1) is 19.4. The summed E-state index contributed by atoms with van der Waals surface area (Å²) in [6, 6.07) is 33.3. The molecule has 3 heteroatoms. The zero-order valence-corrected chi connectivity index (χ0v) is 25.0. The Morgan fingerprint density at radius 3 is 1.82 bits per heavy atom. The van der Waals surface area contributed by atoms with Crippen LogP contribution in [0.4, 0.5) is 0 Å². The maximum absolute atomic E-state index is 12.3. The molecular weight excluding hydrogens is 504 g/mol. The first-order valence-electron chi connectivity index (χ1n) is 15.5. The molecule has 4 aliphatic rings. The second-order valence-electron chi connectivity index (χ2n) is 13.5. The van der Waals surface area contributed by atoms with E-state index in [9.17, 15) is 4.79 Å². The van der Waals surface area contributed by atoms with Crippen molar-refractivity contribution in [2.45, 2.75) is 71.3 Å². The first-order valence-corrected chi connectivity index (χ1v) is 17.4. The monoisotopic (exact) mass is 546 g/mol. The maximum atomic E-state index is 12.3. The van der Waals surface area contributed by atoms with Gasteiger partial charge in [-0.2, -0.15) is 0 Å². The van der Waals surface area contributed by atoms with Gasteiger partial charge < -0.3 is 4.43 Å². The number of hydrogen-bond donors (Lipinski definition) is 0. The van der Waals surface area contributed by atoms with Crippen LogP contribution in [0.3, 0.4) is 0 Å². The Morgan fingerprint density at radius 1 is 0.675 bits per heavy atom. The van der Waals surface area contributed by atoms with Gasteiger partial charge in [0.15, 0.2) is 5.78 Å². The Kier molecular flexibility index (Phi) is 6.51. The summed E-state index contributed by atoms with van der Waals surface area (Å²) in [6.45, 7) is 5.07. The van der Waals surface area contributed by atoms with E-state index < -0.39 is 8.32 Å². The summed E-state index contributed by atoms with van der Waals surface area (Å²) in [5, 5.41) is 4.00. The molecule has 6 atom stereocenters. The standard InChI is InChI=1S/C37H42O2Si/c1-36-24-22-28(38)26-27(36)18-19-32-33-20-21-35(37(33,2)25-23-34(32)36)39-40(29-12-6-3-7-13-29,30-14-8-4-9-15-30)31-16-10-5-11-17-31/h3-17,26,32-35H,18-25H2,1-2H3/t32-,33-,34-,35-,36-,37-/m0/s1. The van der Waals surface area contributed by atoms with Crippen molar-refractivity contribution in [2.75, 3.05) is 0 Å². The number of allylic oxidation sites excluding steroid dienone is 1. The molecule has 2 nitrogen and oxygen atoms in total. The molecule has 4 aliphatic carbocycles. The fourth-order valence-corrected chi connectivity index (χ4v) is 13.8. The van der Waals surface area contributed by atoms with Crippen LogP contribution in [-0.2, 0) is 9.22 Å². The van der Waals surface area contributed by atoms with Crippen LogP contribution in [0.15, 0.2) is 103 Å². The molecule has 3 saturated carbocycles. The molecule has 3 fully saturated rings. The van der Waals surface area contributed by atoms with Crippen molar-refractivity contribution in [1.29, 1.82) is 0 Å². The first kappa shape index (κ1) is 26.2. The smallest absolute Gasteiger partial charge is 0.288 e. The van der Waals surface area contributed by atoms with Gasteiger partial charge in [0.05, 0.1) is 6.10 Å². The minimum Gasteiger partial charge on any atom is -0.401 e. The van der Waals surface area contributed by atoms with Crippen molar-refractivity contribution < 1.29 is 9.22 Å². The SMILES string of the molecule is C[C@]12CC[C@H]3[C@@H](CCC4=CC(=O)CC[C@@]43C)[C@@H]1CC[C@@H]2O[Si](c1ccccc1)(c1ccccc1)c1ccccc1. The summed E-state index contributed by atoms with van der Waals surface area (Å²) in [7, 11) is -2.75. The molecule has 0 amide bonds. The van der Waals surface area contributed by atoms with Gasteiger partial charge in [-0.3, -0.25) is 4.79 Å². The van der Waals surface area contributed by atoms with E-state index in [0.29, 0.717) is 17.6 Å². The van der Waals surface area contributed by atoms with E-state index in [4.69, 9.17) is 4.43 Å². The summed E-state index contributed by atoms with van der Waals surface area (Å²) in [5.74, 6) is 2.49. The van der Waals surface area contributed by atoms with Gasteiger partial charge in [-0.15, -0.1) is 0 Å². The zero-order valence-electron chi connectivity index (χ0n) is 24.0. The summed E-state index contributed by atoms with van der Waals surface area (Å²) >= 11 is 0. The Bertz CT molecular complexity index is 1300. The Morgan fingerprint density at radius 2 is 1.25 bits per heavy atom. The van der Waals surface area contributed by atoms with Crippen molar-refractivity contribution in [3.63, 3.8) is 0 Å². The van der Waals surface area contributed by atoms with E-state index in [1.807, 2.05) is 6.08 Å². The second-order valence-corrected chi connectivity index (χ2v) is 16.8. The second kappa shape index (κ2) is 9.96. The van der Waals surface area contributed by atoms with Crippen molar-refractivity contribution in [2.24, 2.45) is 28.6 Å².